The molecule has 2 aromatic carbocycles. The Morgan fingerprint density at radius 1 is 1.10 bits per heavy atom. The monoisotopic (exact) mass is 553 g/mol. The fourth-order valence-corrected chi connectivity index (χ4v) is 4.79. The zero-order chi connectivity index (χ0) is 28.7. The molecule has 1 saturated heterocycles. The number of fused-ring (bicyclic) bond motifs is 2. The van der Waals surface area contributed by atoms with Gasteiger partial charge < -0.3 is 15.0 Å². The second-order valence-corrected chi connectivity index (χ2v) is 10.3. The Hall–Kier alpha value is -4.97. The number of pyridine rings is 1. The van der Waals surface area contributed by atoms with E-state index in [1.54, 1.807) is 46.1 Å². The maximum absolute atomic E-state index is 15.2. The van der Waals surface area contributed by atoms with Crippen molar-refractivity contribution in [2.45, 2.75) is 6.92 Å². The highest BCUT2D eigenvalue weighted by atomic mass is 19.1. The number of halogens is 1. The Bertz CT molecular complexity index is 1820. The first kappa shape index (κ1) is 26.3. The van der Waals surface area contributed by atoms with Gasteiger partial charge in [0, 0.05) is 49.1 Å². The summed E-state index contributed by atoms with van der Waals surface area (Å²) in [5, 5.41) is 11.7. The molecule has 11 nitrogen and oxygen atoms in total. The van der Waals surface area contributed by atoms with Crippen molar-refractivity contribution in [3.63, 3.8) is 0 Å². The number of aromatic nitrogens is 6. The van der Waals surface area contributed by atoms with E-state index in [-0.39, 0.29) is 17.5 Å². The van der Waals surface area contributed by atoms with Crippen molar-refractivity contribution in [2.75, 3.05) is 37.4 Å². The molecule has 4 heterocycles. The quantitative estimate of drug-likeness (QED) is 0.292. The van der Waals surface area contributed by atoms with Crippen LogP contribution in [-0.4, -0.2) is 67.9 Å². The summed E-state index contributed by atoms with van der Waals surface area (Å²) in [4.78, 5) is 30.0. The van der Waals surface area contributed by atoms with Gasteiger partial charge in [-0.25, -0.2) is 24.0 Å². The van der Waals surface area contributed by atoms with Gasteiger partial charge in [0.25, 0.3) is 5.91 Å². The van der Waals surface area contributed by atoms with E-state index < -0.39 is 5.82 Å². The van der Waals surface area contributed by atoms with E-state index in [2.05, 4.69) is 30.6 Å². The third-order valence-electron chi connectivity index (χ3n) is 6.95. The van der Waals surface area contributed by atoms with Crippen LogP contribution >= 0.6 is 0 Å². The van der Waals surface area contributed by atoms with E-state index in [1.807, 2.05) is 45.1 Å². The van der Waals surface area contributed by atoms with Gasteiger partial charge in [-0.2, -0.15) is 0 Å². The molecule has 12 heteroatoms. The summed E-state index contributed by atoms with van der Waals surface area (Å²) in [5.41, 5.74) is 3.08. The van der Waals surface area contributed by atoms with E-state index >= 15 is 4.39 Å². The van der Waals surface area contributed by atoms with Gasteiger partial charge in [-0.05, 0) is 44.4 Å². The lowest BCUT2D eigenvalue weighted by Crippen LogP contribution is -2.26. The third-order valence-corrected chi connectivity index (χ3v) is 6.95. The van der Waals surface area contributed by atoms with Gasteiger partial charge in [0.2, 0.25) is 0 Å². The fourth-order valence-electron chi connectivity index (χ4n) is 4.79. The molecule has 0 spiro atoms. The standard InChI is InChI=1S/C29H28FN9O2/c1-17-15-39(29(40)20(17)9-10-37(2)3)27-13-21-25(14-31-27)32-16-33-28(21)34-23-7-5-18(11-22(23)30)41-19-6-8-26-24(12-19)35-36-38(26)4/h5-9,11-14,16-17H,10,15H2,1-4H3,(H,32,33,34)/b20-9+/t17-/m0/s1. The number of hydrogen-bond acceptors (Lipinski definition) is 9. The number of nitrogens with one attached hydrogen (secondary N) is 1. The number of anilines is 3. The molecule has 1 N–H and O–H groups in total. The van der Waals surface area contributed by atoms with Crippen molar-refractivity contribution in [3.05, 3.63) is 72.5 Å². The molecule has 0 aliphatic carbocycles. The van der Waals surface area contributed by atoms with Crippen LogP contribution in [0.2, 0.25) is 0 Å². The summed E-state index contributed by atoms with van der Waals surface area (Å²) in [7, 11) is 5.73. The number of amides is 1. The minimum absolute atomic E-state index is 0.0712. The van der Waals surface area contributed by atoms with Crippen molar-refractivity contribution in [1.82, 2.24) is 34.8 Å². The Morgan fingerprint density at radius 2 is 1.90 bits per heavy atom. The lowest BCUT2D eigenvalue weighted by Gasteiger charge is -2.16. The summed E-state index contributed by atoms with van der Waals surface area (Å²) in [6.45, 7) is 3.23. The van der Waals surface area contributed by atoms with Crippen LogP contribution in [0.15, 0.2) is 66.6 Å². The molecule has 6 rings (SSSR count). The highest BCUT2D eigenvalue weighted by Gasteiger charge is 2.34. The third kappa shape index (κ3) is 5.16. The summed E-state index contributed by atoms with van der Waals surface area (Å²) in [6, 6.07) is 11.7. The van der Waals surface area contributed by atoms with Crippen LogP contribution in [0.3, 0.4) is 0 Å². The highest BCUT2D eigenvalue weighted by Crippen LogP contribution is 2.33. The molecule has 0 radical (unpaired) electrons. The minimum atomic E-state index is -0.525. The highest BCUT2D eigenvalue weighted by molar-refractivity contribution is 6.09. The Kier molecular flexibility index (Phi) is 6.75. The summed E-state index contributed by atoms with van der Waals surface area (Å²) >= 11 is 0. The van der Waals surface area contributed by atoms with E-state index in [0.29, 0.717) is 52.6 Å². The largest absolute Gasteiger partial charge is 0.457 e. The molecule has 1 fully saturated rings. The topological polar surface area (TPSA) is 114 Å². The van der Waals surface area contributed by atoms with E-state index in [9.17, 15) is 4.79 Å². The van der Waals surface area contributed by atoms with Crippen molar-refractivity contribution in [3.8, 4) is 11.5 Å². The van der Waals surface area contributed by atoms with Crippen molar-refractivity contribution < 1.29 is 13.9 Å². The van der Waals surface area contributed by atoms with Crippen molar-refractivity contribution in [2.24, 2.45) is 13.0 Å². The molecule has 5 aromatic rings. The predicted molar refractivity (Wildman–Crippen MR) is 154 cm³/mol. The average molecular weight is 554 g/mol. The maximum atomic E-state index is 15.2. The molecule has 0 unspecified atom stereocenters. The van der Waals surface area contributed by atoms with Gasteiger partial charge in [0.05, 0.1) is 22.9 Å². The van der Waals surface area contributed by atoms with Gasteiger partial charge in [-0.3, -0.25) is 9.69 Å². The van der Waals surface area contributed by atoms with Crippen LogP contribution in [0.5, 0.6) is 11.5 Å². The number of benzene rings is 2. The zero-order valence-corrected chi connectivity index (χ0v) is 23.0. The van der Waals surface area contributed by atoms with Crippen molar-refractivity contribution in [1.29, 1.82) is 0 Å². The first-order chi connectivity index (χ1) is 19.8. The number of carbonyl (C=O) groups excluding carboxylic acids is 1. The smallest absolute Gasteiger partial charge is 0.255 e. The van der Waals surface area contributed by atoms with Crippen LogP contribution in [0, 0.1) is 11.7 Å². The summed E-state index contributed by atoms with van der Waals surface area (Å²) in [5.74, 6) is 1.20. The molecule has 1 aliphatic heterocycles. The van der Waals surface area contributed by atoms with E-state index in [4.69, 9.17) is 4.74 Å². The summed E-state index contributed by atoms with van der Waals surface area (Å²) < 4.78 is 22.7. The number of nitrogens with zero attached hydrogens (tertiary/aromatic N) is 8. The molecule has 1 amide bonds. The molecule has 3 aromatic heterocycles. The molecular weight excluding hydrogens is 525 g/mol. The molecule has 0 bridgehead atoms. The van der Waals surface area contributed by atoms with Crippen LogP contribution in [0.4, 0.5) is 21.7 Å². The first-order valence-electron chi connectivity index (χ1n) is 13.1. The lowest BCUT2D eigenvalue weighted by atomic mass is 10.0. The Balaban J connectivity index is 1.24. The number of aryl methyl sites for hydroxylation is 1. The Labute approximate surface area is 235 Å². The van der Waals surface area contributed by atoms with Crippen LogP contribution < -0.4 is 15.0 Å². The average Bonchev–Trinajstić information content (AvgIpc) is 3.46. The Morgan fingerprint density at radius 3 is 2.71 bits per heavy atom. The zero-order valence-electron chi connectivity index (χ0n) is 23.0. The van der Waals surface area contributed by atoms with Gasteiger partial charge in [-0.15, -0.1) is 5.10 Å². The predicted octanol–water partition coefficient (Wildman–Crippen LogP) is 4.45. The fraction of sp³-hybridized carbons (Fsp3) is 0.241. The number of rotatable bonds is 7. The van der Waals surface area contributed by atoms with Gasteiger partial charge in [0.15, 0.2) is 0 Å². The van der Waals surface area contributed by atoms with Crippen LogP contribution in [0.1, 0.15) is 6.92 Å². The normalized spacial score (nSPS) is 16.4. The maximum Gasteiger partial charge on any atom is 0.255 e. The second-order valence-electron chi connectivity index (χ2n) is 10.3. The number of ether oxygens (including phenoxy) is 1. The lowest BCUT2D eigenvalue weighted by molar-refractivity contribution is -0.114. The number of carbonyl (C=O) groups is 1. The molecule has 41 heavy (non-hydrogen) atoms. The van der Waals surface area contributed by atoms with E-state index in [0.717, 1.165) is 11.1 Å². The molecule has 0 saturated carbocycles. The number of hydrogen-bond donors (Lipinski definition) is 1. The van der Waals surface area contributed by atoms with Gasteiger partial charge in [0.1, 0.15) is 40.8 Å². The van der Waals surface area contributed by atoms with Gasteiger partial charge in [-0.1, -0.05) is 18.2 Å². The SMILES string of the molecule is C[C@H]1CN(c2cc3c(Nc4ccc(Oc5ccc6c(c5)nnn6C)cc4F)ncnc3cn2)C(=O)/C1=C/CN(C)C. The van der Waals surface area contributed by atoms with Crippen LogP contribution in [0.25, 0.3) is 21.9 Å². The first-order valence-corrected chi connectivity index (χ1v) is 13.1. The van der Waals surface area contributed by atoms with Crippen molar-refractivity contribution >= 4 is 45.2 Å². The van der Waals surface area contributed by atoms with Gasteiger partial charge >= 0.3 is 0 Å². The minimum Gasteiger partial charge on any atom is -0.457 e. The van der Waals surface area contributed by atoms with Crippen LogP contribution in [-0.2, 0) is 11.8 Å². The second kappa shape index (κ2) is 10.5. The molecule has 1 aliphatic rings. The van der Waals surface area contributed by atoms with E-state index in [1.165, 1.54) is 12.4 Å². The summed E-state index contributed by atoms with van der Waals surface area (Å²) in [6.07, 6.45) is 4.95. The molecule has 208 valence electrons. The molecular formula is C29H28FN9O2. The molecule has 1 atom stereocenters. The number of likely N-dealkylation sites (N-methyl/N-ethyl adjacent to an activating group) is 1.